The predicted octanol–water partition coefficient (Wildman–Crippen LogP) is 4.60. The van der Waals surface area contributed by atoms with Gasteiger partial charge in [0, 0.05) is 6.54 Å². The number of rotatable bonds is 6. The first-order chi connectivity index (χ1) is 13.3. The summed E-state index contributed by atoms with van der Waals surface area (Å²) in [5, 5.41) is 4.81. The third-order valence-corrected chi connectivity index (χ3v) is 6.13. The van der Waals surface area contributed by atoms with Crippen LogP contribution in [0.3, 0.4) is 0 Å². The van der Waals surface area contributed by atoms with Crippen molar-refractivity contribution in [2.75, 3.05) is 11.4 Å². The molecule has 0 spiro atoms. The average molecular weight is 395 g/mol. The topological polar surface area (TPSA) is 59.0 Å². The molecule has 1 amide bonds. The zero-order valence-corrected chi connectivity index (χ0v) is 16.5. The van der Waals surface area contributed by atoms with E-state index in [1.165, 1.54) is 16.9 Å². The second-order valence-electron chi connectivity index (χ2n) is 6.06. The van der Waals surface area contributed by atoms with Gasteiger partial charge in [-0.1, -0.05) is 65.2 Å². The predicted molar refractivity (Wildman–Crippen MR) is 111 cm³/mol. The van der Waals surface area contributed by atoms with Crippen molar-refractivity contribution in [1.82, 2.24) is 14.6 Å². The zero-order valence-electron chi connectivity index (χ0n) is 14.8. The standard InChI is InChI=1S/C20H18N4OS2/c1-2-15-18(27-23-22-15)19(25)24(13-12-14-8-4-3-5-9-14)20-21-16-10-6-7-11-17(16)26-20/h3-11H,2,12-13H2,1H3. The van der Waals surface area contributed by atoms with Gasteiger partial charge in [-0.2, -0.15) is 0 Å². The highest BCUT2D eigenvalue weighted by Gasteiger charge is 2.25. The van der Waals surface area contributed by atoms with Gasteiger partial charge in [0.05, 0.1) is 15.9 Å². The molecule has 0 radical (unpaired) electrons. The van der Waals surface area contributed by atoms with Gasteiger partial charge in [-0.15, -0.1) is 5.10 Å². The lowest BCUT2D eigenvalue weighted by molar-refractivity contribution is 0.0990. The molecule has 7 heteroatoms. The van der Waals surface area contributed by atoms with Crippen molar-refractivity contribution >= 4 is 44.1 Å². The minimum atomic E-state index is -0.0724. The van der Waals surface area contributed by atoms with Gasteiger partial charge >= 0.3 is 0 Å². The van der Waals surface area contributed by atoms with E-state index >= 15 is 0 Å². The van der Waals surface area contributed by atoms with Gasteiger partial charge in [0.1, 0.15) is 4.88 Å². The number of hydrogen-bond acceptors (Lipinski definition) is 6. The number of hydrogen-bond donors (Lipinski definition) is 0. The third kappa shape index (κ3) is 3.74. The molecule has 0 aliphatic heterocycles. The van der Waals surface area contributed by atoms with Crippen LogP contribution >= 0.6 is 22.9 Å². The molecular formula is C20H18N4OS2. The Labute approximate surface area is 165 Å². The lowest BCUT2D eigenvalue weighted by Crippen LogP contribution is -2.33. The Bertz CT molecular complexity index is 1020. The normalized spacial score (nSPS) is 11.0. The van der Waals surface area contributed by atoms with E-state index in [2.05, 4.69) is 21.7 Å². The molecule has 0 saturated heterocycles. The number of carbonyl (C=O) groups excluding carboxylic acids is 1. The zero-order chi connectivity index (χ0) is 18.6. The van der Waals surface area contributed by atoms with E-state index in [1.54, 1.807) is 4.90 Å². The fourth-order valence-corrected chi connectivity index (χ4v) is 4.56. The van der Waals surface area contributed by atoms with Crippen LogP contribution in [0, 0.1) is 0 Å². The van der Waals surface area contributed by atoms with Crippen molar-refractivity contribution in [3.8, 4) is 0 Å². The molecular weight excluding hydrogens is 376 g/mol. The van der Waals surface area contributed by atoms with Crippen LogP contribution in [0.2, 0.25) is 0 Å². The number of aromatic nitrogens is 3. The highest BCUT2D eigenvalue weighted by Crippen LogP contribution is 2.30. The molecule has 0 N–H and O–H groups in total. The summed E-state index contributed by atoms with van der Waals surface area (Å²) in [6.45, 7) is 2.54. The molecule has 0 bridgehead atoms. The Morgan fingerprint density at radius 1 is 1.07 bits per heavy atom. The molecule has 0 aliphatic rings. The minimum Gasteiger partial charge on any atom is -0.283 e. The molecule has 0 unspecified atom stereocenters. The van der Waals surface area contributed by atoms with Gasteiger partial charge in [-0.05, 0) is 42.1 Å². The van der Waals surface area contributed by atoms with E-state index in [1.807, 2.05) is 49.4 Å². The number of carbonyl (C=O) groups is 1. The molecule has 27 heavy (non-hydrogen) atoms. The van der Waals surface area contributed by atoms with E-state index in [4.69, 9.17) is 4.98 Å². The van der Waals surface area contributed by atoms with Crippen molar-refractivity contribution in [1.29, 1.82) is 0 Å². The van der Waals surface area contributed by atoms with Crippen molar-refractivity contribution < 1.29 is 4.79 Å². The molecule has 0 aliphatic carbocycles. The second-order valence-corrected chi connectivity index (χ2v) is 7.82. The first-order valence-electron chi connectivity index (χ1n) is 8.79. The minimum absolute atomic E-state index is 0.0724. The van der Waals surface area contributed by atoms with Crippen LogP contribution in [0.1, 0.15) is 27.9 Å². The maximum absolute atomic E-state index is 13.3. The molecule has 136 valence electrons. The Morgan fingerprint density at radius 3 is 2.63 bits per heavy atom. The number of aryl methyl sites for hydroxylation is 1. The monoisotopic (exact) mass is 394 g/mol. The molecule has 0 saturated carbocycles. The maximum Gasteiger partial charge on any atom is 0.273 e. The summed E-state index contributed by atoms with van der Waals surface area (Å²) >= 11 is 2.70. The van der Waals surface area contributed by atoms with Crippen LogP contribution in [0.5, 0.6) is 0 Å². The van der Waals surface area contributed by atoms with E-state index in [-0.39, 0.29) is 5.91 Å². The summed E-state index contributed by atoms with van der Waals surface area (Å²) < 4.78 is 5.05. The van der Waals surface area contributed by atoms with Crippen molar-refractivity contribution in [2.24, 2.45) is 0 Å². The van der Waals surface area contributed by atoms with Gasteiger partial charge in [-0.3, -0.25) is 9.69 Å². The summed E-state index contributed by atoms with van der Waals surface area (Å²) in [6, 6.07) is 18.1. The van der Waals surface area contributed by atoms with E-state index in [9.17, 15) is 4.79 Å². The second kappa shape index (κ2) is 7.94. The molecule has 0 atom stereocenters. The van der Waals surface area contributed by atoms with Crippen LogP contribution < -0.4 is 4.90 Å². The summed E-state index contributed by atoms with van der Waals surface area (Å²) in [7, 11) is 0. The van der Waals surface area contributed by atoms with E-state index in [0.29, 0.717) is 23.0 Å². The molecule has 0 fully saturated rings. The van der Waals surface area contributed by atoms with E-state index in [0.717, 1.165) is 33.9 Å². The van der Waals surface area contributed by atoms with Crippen molar-refractivity contribution in [2.45, 2.75) is 19.8 Å². The molecule has 2 heterocycles. The van der Waals surface area contributed by atoms with Crippen LogP contribution in [0.25, 0.3) is 10.2 Å². The first kappa shape index (κ1) is 17.8. The number of benzene rings is 2. The van der Waals surface area contributed by atoms with Gasteiger partial charge < -0.3 is 0 Å². The third-order valence-electron chi connectivity index (χ3n) is 4.31. The van der Waals surface area contributed by atoms with Gasteiger partial charge in [-0.25, -0.2) is 4.98 Å². The largest absolute Gasteiger partial charge is 0.283 e. The maximum atomic E-state index is 13.3. The quantitative estimate of drug-likeness (QED) is 0.479. The SMILES string of the molecule is CCc1nnsc1C(=O)N(CCc1ccccc1)c1nc2ccccc2s1. The first-order valence-corrected chi connectivity index (χ1v) is 10.4. The average Bonchev–Trinajstić information content (AvgIpc) is 3.35. The highest BCUT2D eigenvalue weighted by atomic mass is 32.1. The molecule has 2 aromatic carbocycles. The Morgan fingerprint density at radius 2 is 1.85 bits per heavy atom. The molecule has 4 aromatic rings. The Balaban J connectivity index is 1.68. The van der Waals surface area contributed by atoms with Crippen LogP contribution in [0.4, 0.5) is 5.13 Å². The number of nitrogens with zero attached hydrogens (tertiary/aromatic N) is 4. The van der Waals surface area contributed by atoms with Gasteiger partial charge in [0.15, 0.2) is 5.13 Å². The number of fused-ring (bicyclic) bond motifs is 1. The Kier molecular flexibility index (Phi) is 5.22. The number of thiazole rings is 1. The number of para-hydroxylation sites is 1. The number of anilines is 1. The van der Waals surface area contributed by atoms with Crippen LogP contribution in [-0.4, -0.2) is 27.0 Å². The highest BCUT2D eigenvalue weighted by molar-refractivity contribution is 7.22. The summed E-state index contributed by atoms with van der Waals surface area (Å²) in [4.78, 5) is 20.4. The molecule has 2 aromatic heterocycles. The molecule has 4 rings (SSSR count). The lowest BCUT2D eigenvalue weighted by atomic mass is 10.1. The van der Waals surface area contributed by atoms with Crippen LogP contribution in [0.15, 0.2) is 54.6 Å². The summed E-state index contributed by atoms with van der Waals surface area (Å²) in [5.74, 6) is -0.0724. The van der Waals surface area contributed by atoms with Crippen molar-refractivity contribution in [3.05, 3.63) is 70.7 Å². The van der Waals surface area contributed by atoms with Crippen molar-refractivity contribution in [3.63, 3.8) is 0 Å². The van der Waals surface area contributed by atoms with Gasteiger partial charge in [0.2, 0.25) is 0 Å². The fraction of sp³-hybridized carbons (Fsp3) is 0.200. The summed E-state index contributed by atoms with van der Waals surface area (Å²) in [5.41, 5.74) is 2.85. The molecule has 5 nitrogen and oxygen atoms in total. The van der Waals surface area contributed by atoms with Gasteiger partial charge in [0.25, 0.3) is 5.91 Å². The Hall–Kier alpha value is -2.64. The van der Waals surface area contributed by atoms with E-state index < -0.39 is 0 Å². The van der Waals surface area contributed by atoms with Crippen LogP contribution in [-0.2, 0) is 12.8 Å². The summed E-state index contributed by atoms with van der Waals surface area (Å²) in [6.07, 6.45) is 1.44. The smallest absolute Gasteiger partial charge is 0.273 e. The fourth-order valence-electron chi connectivity index (χ4n) is 2.87. The lowest BCUT2D eigenvalue weighted by Gasteiger charge is -2.19. The number of amides is 1.